The Morgan fingerprint density at radius 1 is 1.09 bits per heavy atom. The Morgan fingerprint density at radius 3 is 2.31 bits per heavy atom. The van der Waals surface area contributed by atoms with Crippen LogP contribution in [-0.4, -0.2) is 108 Å². The lowest BCUT2D eigenvalue weighted by Crippen LogP contribution is -2.91. The van der Waals surface area contributed by atoms with E-state index < -0.39 is 81.8 Å². The summed E-state index contributed by atoms with van der Waals surface area (Å²) >= 11 is 0. The summed E-state index contributed by atoms with van der Waals surface area (Å²) in [5, 5.41) is 24.5. The van der Waals surface area contributed by atoms with Crippen LogP contribution >= 0.6 is 0 Å². The molecule has 1 saturated heterocycles. The van der Waals surface area contributed by atoms with E-state index in [1.54, 1.807) is 51.1 Å². The first-order valence-electron chi connectivity index (χ1n) is 15.2. The van der Waals surface area contributed by atoms with Crippen molar-refractivity contribution in [2.24, 2.45) is 16.7 Å². The van der Waals surface area contributed by atoms with Crippen LogP contribution in [0.15, 0.2) is 41.5 Å². The maximum Gasteiger partial charge on any atom is 0.409 e. The molecule has 45 heavy (non-hydrogen) atoms. The van der Waals surface area contributed by atoms with Crippen molar-refractivity contribution in [3.63, 3.8) is 0 Å². The summed E-state index contributed by atoms with van der Waals surface area (Å²) in [7, 11) is 4.39. The van der Waals surface area contributed by atoms with Gasteiger partial charge < -0.3 is 38.8 Å². The molecule has 4 bridgehead atoms. The second-order valence-corrected chi connectivity index (χ2v) is 13.9. The molecule has 6 aliphatic rings. The number of carbonyl (C=O) groups is 4. The number of rotatable bonds is 5. The fraction of sp³-hybridized carbons (Fsp3) is 0.636. The molecule has 1 amide bonds. The number of esters is 2. The Kier molecular flexibility index (Phi) is 7.10. The van der Waals surface area contributed by atoms with Gasteiger partial charge in [-0.25, -0.2) is 9.59 Å². The van der Waals surface area contributed by atoms with E-state index >= 15 is 4.79 Å². The van der Waals surface area contributed by atoms with E-state index in [9.17, 15) is 24.6 Å². The van der Waals surface area contributed by atoms with Crippen molar-refractivity contribution in [1.82, 2.24) is 4.90 Å². The molecule has 5 aliphatic carbocycles. The van der Waals surface area contributed by atoms with Gasteiger partial charge in [-0.15, -0.1) is 0 Å². The summed E-state index contributed by atoms with van der Waals surface area (Å²) in [5.74, 6) is -3.22. The molecule has 5 fully saturated rings. The Morgan fingerprint density at radius 2 is 1.76 bits per heavy atom. The van der Waals surface area contributed by atoms with Gasteiger partial charge in [0.15, 0.2) is 17.0 Å². The zero-order valence-electron chi connectivity index (χ0n) is 26.6. The summed E-state index contributed by atoms with van der Waals surface area (Å²) < 4.78 is 30.5. The van der Waals surface area contributed by atoms with Gasteiger partial charge in [-0.05, 0) is 37.1 Å². The van der Waals surface area contributed by atoms with Crippen LogP contribution in [0.2, 0.25) is 0 Å². The fourth-order valence-corrected chi connectivity index (χ4v) is 9.43. The first-order chi connectivity index (χ1) is 21.0. The SMILES string of the molecule is CO[C@H]1C(=O)[C@]2(C)[C@@H](OC(=O)N(C)C)C[C@H]3OC[C@@]3(OC(C)=O)[C@H]2[C@]2(OC(=O)c3ccccc3)C[C@@]3(C)C1=C(C)[C@@H](O)C[C@]32O. The Labute approximate surface area is 261 Å². The van der Waals surface area contributed by atoms with Crippen LogP contribution in [0.3, 0.4) is 0 Å². The minimum Gasteiger partial charge on any atom is -0.453 e. The molecule has 1 aliphatic heterocycles. The monoisotopic (exact) mass is 627 g/mol. The minimum absolute atomic E-state index is 0.00590. The normalized spacial score (nSPS) is 42.9. The van der Waals surface area contributed by atoms with E-state index in [1.807, 2.05) is 0 Å². The van der Waals surface area contributed by atoms with E-state index in [4.69, 9.17) is 23.7 Å². The highest BCUT2D eigenvalue weighted by molar-refractivity contribution is 5.95. The molecule has 1 aromatic rings. The standard InChI is InChI=1S/C33H41NO11/c1-17-20(36)14-33(40)29(3)15-32(33,45-26(38)19-11-9-8-10-12-19)27-30(4,25(37)24(41-7)23(17)29)21(43-28(39)34(5)6)13-22-31(27,16-42-22)44-18(2)35/h8-12,20-22,24,27,36,40H,13-16H2,1-7H3/t20-,21-,22+,24+,27-,29-,30-,31-,32+,33-/m0/s1. The number of ketones is 1. The van der Waals surface area contributed by atoms with Crippen LogP contribution in [0.1, 0.15) is 57.3 Å². The molecule has 1 aromatic carbocycles. The maximum atomic E-state index is 15.2. The predicted molar refractivity (Wildman–Crippen MR) is 156 cm³/mol. The molecular formula is C33H41NO11. The molecule has 0 aromatic heterocycles. The summed E-state index contributed by atoms with van der Waals surface area (Å²) in [5.41, 5.74) is -7.29. The average molecular weight is 628 g/mol. The van der Waals surface area contributed by atoms with Crippen molar-refractivity contribution in [2.75, 3.05) is 27.8 Å². The molecule has 1 heterocycles. The quantitative estimate of drug-likeness (QED) is 0.280. The molecule has 4 saturated carbocycles. The van der Waals surface area contributed by atoms with Gasteiger partial charge in [-0.2, -0.15) is 0 Å². The summed E-state index contributed by atoms with van der Waals surface area (Å²) in [4.78, 5) is 56.3. The molecular weight excluding hydrogens is 586 g/mol. The third-order valence-electron chi connectivity index (χ3n) is 11.4. The van der Waals surface area contributed by atoms with Crippen LogP contribution in [0.5, 0.6) is 0 Å². The van der Waals surface area contributed by atoms with Crippen molar-refractivity contribution in [3.8, 4) is 0 Å². The van der Waals surface area contributed by atoms with Gasteiger partial charge in [0.05, 0.1) is 29.6 Å². The lowest BCUT2D eigenvalue weighted by molar-refractivity contribution is -0.403. The number of amides is 1. The van der Waals surface area contributed by atoms with E-state index in [2.05, 4.69) is 0 Å². The molecule has 244 valence electrons. The van der Waals surface area contributed by atoms with Crippen LogP contribution in [0.25, 0.3) is 0 Å². The predicted octanol–water partition coefficient (Wildman–Crippen LogP) is 2.20. The number of benzene rings is 1. The fourth-order valence-electron chi connectivity index (χ4n) is 9.43. The van der Waals surface area contributed by atoms with Crippen LogP contribution < -0.4 is 0 Å². The van der Waals surface area contributed by atoms with Gasteiger partial charge in [0.25, 0.3) is 0 Å². The third kappa shape index (κ3) is 3.85. The third-order valence-corrected chi connectivity index (χ3v) is 11.4. The molecule has 7 rings (SSSR count). The number of aliphatic hydroxyl groups is 2. The van der Waals surface area contributed by atoms with Crippen LogP contribution in [0.4, 0.5) is 4.79 Å². The van der Waals surface area contributed by atoms with Gasteiger partial charge in [-0.1, -0.05) is 25.1 Å². The topological polar surface area (TPSA) is 158 Å². The molecule has 12 nitrogen and oxygen atoms in total. The number of hydrogen-bond acceptors (Lipinski definition) is 11. The highest BCUT2D eigenvalue weighted by Crippen LogP contribution is 2.76. The summed E-state index contributed by atoms with van der Waals surface area (Å²) in [6.45, 7) is 6.15. The van der Waals surface area contributed by atoms with E-state index in [0.717, 1.165) is 0 Å². The highest BCUT2D eigenvalue weighted by atomic mass is 16.6. The summed E-state index contributed by atoms with van der Waals surface area (Å²) in [6.07, 6.45) is -5.45. The second-order valence-electron chi connectivity index (χ2n) is 13.9. The van der Waals surface area contributed by atoms with Gasteiger partial charge in [-0.3, -0.25) is 9.59 Å². The zero-order chi connectivity index (χ0) is 32.9. The number of Topliss-reactive ketones (excluding diaryl/α,β-unsaturated/α-hetero) is 1. The zero-order valence-corrected chi connectivity index (χ0v) is 26.6. The lowest BCUT2D eigenvalue weighted by atomic mass is 9.31. The van der Waals surface area contributed by atoms with Gasteiger partial charge >= 0.3 is 18.0 Å². The van der Waals surface area contributed by atoms with E-state index in [1.165, 1.54) is 33.0 Å². The number of aliphatic hydroxyl groups excluding tert-OH is 1. The number of hydrogen-bond donors (Lipinski definition) is 2. The number of methoxy groups -OCH3 is 1. The van der Waals surface area contributed by atoms with Gasteiger partial charge in [0.2, 0.25) is 0 Å². The number of carbonyl (C=O) groups excluding carboxylic acids is 4. The smallest absolute Gasteiger partial charge is 0.409 e. The average Bonchev–Trinajstić information content (AvgIpc) is 2.97. The van der Waals surface area contributed by atoms with Gasteiger partial charge in [0, 0.05) is 52.8 Å². The van der Waals surface area contributed by atoms with Crippen molar-refractivity contribution >= 4 is 23.8 Å². The van der Waals surface area contributed by atoms with E-state index in [0.29, 0.717) is 11.1 Å². The van der Waals surface area contributed by atoms with Crippen LogP contribution in [0, 0.1) is 16.7 Å². The van der Waals surface area contributed by atoms with Crippen molar-refractivity contribution in [2.45, 2.75) is 88.2 Å². The second kappa shape index (κ2) is 10.1. The minimum atomic E-state index is -1.97. The Balaban J connectivity index is 1.67. The molecule has 12 heteroatoms. The molecule has 0 unspecified atom stereocenters. The number of fused-ring (bicyclic) bond motifs is 2. The van der Waals surface area contributed by atoms with E-state index in [-0.39, 0.29) is 31.4 Å². The first-order valence-corrected chi connectivity index (χ1v) is 15.2. The summed E-state index contributed by atoms with van der Waals surface area (Å²) in [6, 6.07) is 8.23. The van der Waals surface area contributed by atoms with Crippen molar-refractivity contribution < 1.29 is 53.1 Å². The molecule has 2 N–H and O–H groups in total. The molecule has 10 atom stereocenters. The maximum absolute atomic E-state index is 15.2. The number of ether oxygens (including phenoxy) is 5. The van der Waals surface area contributed by atoms with Crippen molar-refractivity contribution in [3.05, 3.63) is 47.0 Å². The first kappa shape index (κ1) is 31.7. The molecule has 0 spiro atoms. The van der Waals surface area contributed by atoms with Gasteiger partial charge in [0.1, 0.15) is 23.9 Å². The molecule has 0 radical (unpaired) electrons. The lowest BCUT2D eigenvalue weighted by Gasteiger charge is -2.78. The number of nitrogens with zero attached hydrogens (tertiary/aromatic N) is 1. The Hall–Kier alpha value is -3.32. The Bertz CT molecular complexity index is 1490. The highest BCUT2D eigenvalue weighted by Gasteiger charge is 2.89. The van der Waals surface area contributed by atoms with Crippen LogP contribution in [-0.2, 0) is 33.3 Å². The van der Waals surface area contributed by atoms with Crippen molar-refractivity contribution in [1.29, 1.82) is 0 Å². The largest absolute Gasteiger partial charge is 0.453 e.